The van der Waals surface area contributed by atoms with E-state index in [2.05, 4.69) is 12.1 Å². The maximum absolute atomic E-state index is 12.8. The lowest BCUT2D eigenvalue weighted by Crippen LogP contribution is -2.09. The van der Waals surface area contributed by atoms with Crippen LogP contribution in [-0.4, -0.2) is 6.67 Å². The second-order valence-electron chi connectivity index (χ2n) is 4.40. The fraction of sp³-hybridized carbons (Fsp3) is 0.538. The molecule has 0 amide bonds. The predicted molar refractivity (Wildman–Crippen MR) is 60.4 cm³/mol. The van der Waals surface area contributed by atoms with Gasteiger partial charge in [0.2, 0.25) is 0 Å². The highest BCUT2D eigenvalue weighted by Crippen LogP contribution is 2.39. The molecule has 1 aromatic carbocycles. The van der Waals surface area contributed by atoms with E-state index in [9.17, 15) is 4.39 Å². The van der Waals surface area contributed by atoms with E-state index >= 15 is 0 Å². The van der Waals surface area contributed by atoms with E-state index < -0.39 is 0 Å². The van der Waals surface area contributed by atoms with Crippen molar-refractivity contribution in [3.05, 3.63) is 35.4 Å². The van der Waals surface area contributed by atoms with Crippen LogP contribution in [0.15, 0.2) is 24.3 Å². The summed E-state index contributed by atoms with van der Waals surface area (Å²) in [4.78, 5) is 0. The van der Waals surface area contributed by atoms with Crippen molar-refractivity contribution in [2.24, 2.45) is 11.7 Å². The van der Waals surface area contributed by atoms with Crippen LogP contribution in [0.2, 0.25) is 0 Å². The van der Waals surface area contributed by atoms with Crippen LogP contribution in [0.5, 0.6) is 0 Å². The average Bonchev–Trinajstić information content (AvgIpc) is 2.77. The predicted octanol–water partition coefficient (Wildman–Crippen LogP) is 3.00. The number of hydrogen-bond acceptors (Lipinski definition) is 1. The van der Waals surface area contributed by atoms with Crippen LogP contribution in [0.1, 0.15) is 36.3 Å². The number of halogens is 1. The second kappa shape index (κ2) is 4.75. The zero-order valence-electron chi connectivity index (χ0n) is 8.95. The van der Waals surface area contributed by atoms with Gasteiger partial charge in [-0.1, -0.05) is 30.7 Å². The topological polar surface area (TPSA) is 26.0 Å². The van der Waals surface area contributed by atoms with E-state index in [4.69, 9.17) is 5.73 Å². The van der Waals surface area contributed by atoms with Gasteiger partial charge in [0.1, 0.15) is 0 Å². The molecule has 0 radical (unpaired) electrons. The number of rotatable bonds is 3. The number of alkyl halides is 1. The van der Waals surface area contributed by atoms with E-state index in [-0.39, 0.29) is 12.6 Å². The third-order valence-electron chi connectivity index (χ3n) is 3.47. The molecule has 1 fully saturated rings. The first-order valence-electron chi connectivity index (χ1n) is 5.70. The molecule has 15 heavy (non-hydrogen) atoms. The molecular weight excluding hydrogens is 189 g/mol. The molecule has 1 aliphatic carbocycles. The van der Waals surface area contributed by atoms with Crippen LogP contribution in [-0.2, 0) is 6.54 Å². The largest absolute Gasteiger partial charge is 0.326 e. The number of benzene rings is 1. The first-order chi connectivity index (χ1) is 7.35. The molecule has 1 aromatic rings. The van der Waals surface area contributed by atoms with Crippen molar-refractivity contribution in [3.63, 3.8) is 0 Å². The Morgan fingerprint density at radius 2 is 2.20 bits per heavy atom. The van der Waals surface area contributed by atoms with Crippen LogP contribution < -0.4 is 5.73 Å². The van der Waals surface area contributed by atoms with Crippen molar-refractivity contribution in [2.45, 2.75) is 31.7 Å². The normalized spacial score (nSPS) is 25.7. The maximum Gasteiger partial charge on any atom is 0.0928 e. The first kappa shape index (κ1) is 10.6. The van der Waals surface area contributed by atoms with E-state index in [1.807, 2.05) is 12.1 Å². The Hall–Kier alpha value is -0.890. The highest BCUT2D eigenvalue weighted by Gasteiger charge is 2.28. The van der Waals surface area contributed by atoms with Crippen LogP contribution in [0.3, 0.4) is 0 Å². The lowest BCUT2D eigenvalue weighted by Gasteiger charge is -2.17. The van der Waals surface area contributed by atoms with Gasteiger partial charge in [0.05, 0.1) is 6.67 Å². The molecule has 0 aliphatic heterocycles. The van der Waals surface area contributed by atoms with Crippen molar-refractivity contribution in [1.29, 1.82) is 0 Å². The van der Waals surface area contributed by atoms with Gasteiger partial charge in [-0.05, 0) is 35.8 Å². The fourth-order valence-electron chi connectivity index (χ4n) is 2.61. The van der Waals surface area contributed by atoms with Crippen molar-refractivity contribution < 1.29 is 4.39 Å². The van der Waals surface area contributed by atoms with Gasteiger partial charge in [-0.3, -0.25) is 4.39 Å². The Balaban J connectivity index is 2.20. The van der Waals surface area contributed by atoms with E-state index in [1.54, 1.807) is 0 Å². The smallest absolute Gasteiger partial charge is 0.0928 e. The van der Waals surface area contributed by atoms with Crippen LogP contribution in [0, 0.1) is 5.92 Å². The summed E-state index contributed by atoms with van der Waals surface area (Å²) in [7, 11) is 0. The van der Waals surface area contributed by atoms with Crippen LogP contribution >= 0.6 is 0 Å². The van der Waals surface area contributed by atoms with Crippen molar-refractivity contribution in [2.75, 3.05) is 6.67 Å². The van der Waals surface area contributed by atoms with Crippen molar-refractivity contribution >= 4 is 0 Å². The molecule has 2 rings (SSSR count). The van der Waals surface area contributed by atoms with Crippen LogP contribution in [0.4, 0.5) is 4.39 Å². The molecule has 2 unspecified atom stereocenters. The summed E-state index contributed by atoms with van der Waals surface area (Å²) in [5.74, 6) is 0.652. The van der Waals surface area contributed by atoms with E-state index in [1.165, 1.54) is 5.56 Å². The maximum atomic E-state index is 12.8. The average molecular weight is 207 g/mol. The molecule has 0 saturated heterocycles. The van der Waals surface area contributed by atoms with Gasteiger partial charge in [-0.2, -0.15) is 0 Å². The minimum absolute atomic E-state index is 0.183. The summed E-state index contributed by atoms with van der Waals surface area (Å²) < 4.78 is 12.8. The summed E-state index contributed by atoms with van der Waals surface area (Å²) in [5, 5.41) is 0. The molecule has 2 heteroatoms. The van der Waals surface area contributed by atoms with E-state index in [0.29, 0.717) is 12.5 Å². The third-order valence-corrected chi connectivity index (χ3v) is 3.47. The second-order valence-corrected chi connectivity index (χ2v) is 4.40. The summed E-state index contributed by atoms with van der Waals surface area (Å²) in [6.45, 7) is 0.387. The third kappa shape index (κ3) is 2.20. The molecule has 1 saturated carbocycles. The molecule has 0 bridgehead atoms. The molecule has 0 heterocycles. The van der Waals surface area contributed by atoms with Gasteiger partial charge < -0.3 is 5.73 Å². The lowest BCUT2D eigenvalue weighted by atomic mass is 9.89. The monoisotopic (exact) mass is 207 g/mol. The summed E-state index contributed by atoms with van der Waals surface area (Å²) in [6, 6.07) is 8.31. The van der Waals surface area contributed by atoms with Gasteiger partial charge in [0.15, 0.2) is 0 Å². The molecule has 1 nitrogen and oxygen atoms in total. The standard InChI is InChI=1S/C13H18FN/c14-8-12-5-2-6-13(12)11-4-1-3-10(7-11)9-15/h1,3-4,7,12-13H,2,5-6,8-9,15H2. The highest BCUT2D eigenvalue weighted by molar-refractivity contribution is 5.27. The van der Waals surface area contributed by atoms with Gasteiger partial charge in [-0.25, -0.2) is 0 Å². The summed E-state index contributed by atoms with van der Waals surface area (Å²) in [5.41, 5.74) is 8.04. The zero-order chi connectivity index (χ0) is 10.7. The lowest BCUT2D eigenvalue weighted by molar-refractivity contribution is 0.342. The van der Waals surface area contributed by atoms with Gasteiger partial charge in [0, 0.05) is 6.54 Å². The Kier molecular flexibility index (Phi) is 3.37. The quantitative estimate of drug-likeness (QED) is 0.810. The van der Waals surface area contributed by atoms with Crippen molar-refractivity contribution in [3.8, 4) is 0 Å². The van der Waals surface area contributed by atoms with Gasteiger partial charge in [-0.15, -0.1) is 0 Å². The number of hydrogen-bond donors (Lipinski definition) is 1. The molecule has 0 aromatic heterocycles. The molecule has 2 N–H and O–H groups in total. The molecule has 0 spiro atoms. The van der Waals surface area contributed by atoms with E-state index in [0.717, 1.165) is 24.8 Å². The Bertz CT molecular complexity index is 324. The minimum atomic E-state index is -0.183. The van der Waals surface area contributed by atoms with Crippen molar-refractivity contribution in [1.82, 2.24) is 0 Å². The minimum Gasteiger partial charge on any atom is -0.326 e. The Labute approximate surface area is 90.5 Å². The number of nitrogens with two attached hydrogens (primary N) is 1. The first-order valence-corrected chi connectivity index (χ1v) is 5.70. The molecular formula is C13H18FN. The Morgan fingerprint density at radius 1 is 1.33 bits per heavy atom. The molecule has 1 aliphatic rings. The van der Waals surface area contributed by atoms with Gasteiger partial charge >= 0.3 is 0 Å². The van der Waals surface area contributed by atoms with Crippen LogP contribution in [0.25, 0.3) is 0 Å². The summed E-state index contributed by atoms with van der Waals surface area (Å²) >= 11 is 0. The highest BCUT2D eigenvalue weighted by atomic mass is 19.1. The fourth-order valence-corrected chi connectivity index (χ4v) is 2.61. The van der Waals surface area contributed by atoms with Gasteiger partial charge in [0.25, 0.3) is 0 Å². The zero-order valence-corrected chi connectivity index (χ0v) is 8.95. The molecule has 2 atom stereocenters. The summed E-state index contributed by atoms with van der Waals surface area (Å²) in [6.07, 6.45) is 3.32. The SMILES string of the molecule is NCc1cccc(C2CCCC2CF)c1. The molecule has 82 valence electrons. The Morgan fingerprint density at radius 3 is 2.93 bits per heavy atom.